The molecule has 0 spiro atoms. The third-order valence-electron chi connectivity index (χ3n) is 3.01. The molecule has 0 atom stereocenters. The predicted molar refractivity (Wildman–Crippen MR) is 91.1 cm³/mol. The van der Waals surface area contributed by atoms with Gasteiger partial charge in [-0.1, -0.05) is 13.8 Å². The molecular formula is C15H18BrN3OS. The van der Waals surface area contributed by atoms with Crippen molar-refractivity contribution in [2.75, 3.05) is 12.4 Å². The predicted octanol–water partition coefficient (Wildman–Crippen LogP) is 4.00. The number of anilines is 1. The number of halogens is 1. The average molecular weight is 368 g/mol. The summed E-state index contributed by atoms with van der Waals surface area (Å²) in [4.78, 5) is 17.9. The fraction of sp³-hybridized carbons (Fsp3) is 0.333. The van der Waals surface area contributed by atoms with Crippen molar-refractivity contribution in [1.82, 2.24) is 10.3 Å². The van der Waals surface area contributed by atoms with E-state index < -0.39 is 0 Å². The lowest BCUT2D eigenvalue weighted by molar-refractivity contribution is 0.0951. The lowest BCUT2D eigenvalue weighted by Gasteiger charge is -2.11. The number of pyridine rings is 1. The van der Waals surface area contributed by atoms with Crippen LogP contribution in [0, 0.1) is 0 Å². The van der Waals surface area contributed by atoms with Gasteiger partial charge in [-0.3, -0.25) is 4.79 Å². The Labute approximate surface area is 137 Å². The molecule has 2 rings (SSSR count). The Morgan fingerprint density at radius 1 is 1.38 bits per heavy atom. The van der Waals surface area contributed by atoms with Gasteiger partial charge in [0.1, 0.15) is 5.82 Å². The van der Waals surface area contributed by atoms with Gasteiger partial charge < -0.3 is 10.6 Å². The molecule has 0 radical (unpaired) electrons. The Hall–Kier alpha value is -1.40. The molecule has 0 aromatic carbocycles. The first-order valence-electron chi connectivity index (χ1n) is 6.71. The van der Waals surface area contributed by atoms with Crippen LogP contribution in [0.15, 0.2) is 28.1 Å². The van der Waals surface area contributed by atoms with Crippen molar-refractivity contribution in [2.24, 2.45) is 0 Å². The fourth-order valence-corrected chi connectivity index (χ4v) is 3.25. The zero-order chi connectivity index (χ0) is 15.4. The minimum atomic E-state index is -0.0830. The first-order valence-corrected chi connectivity index (χ1v) is 8.32. The van der Waals surface area contributed by atoms with Gasteiger partial charge in [-0.2, -0.15) is 0 Å². The summed E-state index contributed by atoms with van der Waals surface area (Å²) in [6.45, 7) is 4.66. The highest BCUT2D eigenvalue weighted by Crippen LogP contribution is 2.22. The molecule has 2 heterocycles. The van der Waals surface area contributed by atoms with Gasteiger partial charge in [0, 0.05) is 23.2 Å². The normalized spacial score (nSPS) is 10.7. The van der Waals surface area contributed by atoms with Crippen LogP contribution in [0.3, 0.4) is 0 Å². The highest BCUT2D eigenvalue weighted by Gasteiger charge is 2.11. The average Bonchev–Trinajstić information content (AvgIpc) is 2.89. The Balaban J connectivity index is 2.12. The van der Waals surface area contributed by atoms with Crippen molar-refractivity contribution in [3.05, 3.63) is 44.2 Å². The number of hydrogen-bond donors (Lipinski definition) is 2. The SMILES string of the molecule is CNc1cc(C(=O)NCc2ccc(Br)s2)cc(C(C)C)n1. The van der Waals surface area contributed by atoms with Gasteiger partial charge in [0.15, 0.2) is 0 Å². The van der Waals surface area contributed by atoms with Crippen molar-refractivity contribution in [3.63, 3.8) is 0 Å². The van der Waals surface area contributed by atoms with Crippen LogP contribution in [0.1, 0.15) is 40.7 Å². The summed E-state index contributed by atoms with van der Waals surface area (Å²) in [6.07, 6.45) is 0. The molecule has 0 aliphatic heterocycles. The number of thiophene rings is 1. The molecule has 0 saturated carbocycles. The van der Waals surface area contributed by atoms with E-state index in [1.54, 1.807) is 24.5 Å². The van der Waals surface area contributed by atoms with Gasteiger partial charge in [-0.05, 0) is 46.1 Å². The van der Waals surface area contributed by atoms with E-state index >= 15 is 0 Å². The summed E-state index contributed by atoms with van der Waals surface area (Å²) >= 11 is 5.04. The summed E-state index contributed by atoms with van der Waals surface area (Å²) in [7, 11) is 1.80. The van der Waals surface area contributed by atoms with Crippen LogP contribution in [0.5, 0.6) is 0 Å². The van der Waals surface area contributed by atoms with E-state index in [4.69, 9.17) is 0 Å². The first kappa shape index (κ1) is 16.0. The van der Waals surface area contributed by atoms with Crippen LogP contribution in [0.25, 0.3) is 0 Å². The highest BCUT2D eigenvalue weighted by atomic mass is 79.9. The molecule has 2 aromatic heterocycles. The summed E-state index contributed by atoms with van der Waals surface area (Å²) in [5.41, 5.74) is 1.54. The summed E-state index contributed by atoms with van der Waals surface area (Å²) in [5, 5.41) is 5.94. The number of hydrogen-bond acceptors (Lipinski definition) is 4. The zero-order valence-corrected chi connectivity index (χ0v) is 14.6. The Morgan fingerprint density at radius 3 is 2.71 bits per heavy atom. The number of nitrogens with one attached hydrogen (secondary N) is 2. The summed E-state index contributed by atoms with van der Waals surface area (Å²) in [6, 6.07) is 7.60. The van der Waals surface area contributed by atoms with Gasteiger partial charge in [-0.15, -0.1) is 11.3 Å². The van der Waals surface area contributed by atoms with Gasteiger partial charge in [0.25, 0.3) is 5.91 Å². The second-order valence-electron chi connectivity index (χ2n) is 4.96. The van der Waals surface area contributed by atoms with Crippen molar-refractivity contribution >= 4 is 39.0 Å². The molecule has 0 aliphatic rings. The topological polar surface area (TPSA) is 54.0 Å². The van der Waals surface area contributed by atoms with Crippen LogP contribution in [-0.4, -0.2) is 17.9 Å². The van der Waals surface area contributed by atoms with Crippen LogP contribution in [-0.2, 0) is 6.54 Å². The highest BCUT2D eigenvalue weighted by molar-refractivity contribution is 9.11. The lowest BCUT2D eigenvalue weighted by atomic mass is 10.1. The van der Waals surface area contributed by atoms with E-state index in [1.165, 1.54) is 0 Å². The Morgan fingerprint density at radius 2 is 2.14 bits per heavy atom. The maximum absolute atomic E-state index is 12.3. The molecule has 0 fully saturated rings. The quantitative estimate of drug-likeness (QED) is 0.839. The maximum Gasteiger partial charge on any atom is 0.251 e. The lowest BCUT2D eigenvalue weighted by Crippen LogP contribution is -2.23. The van der Waals surface area contributed by atoms with E-state index in [0.717, 1.165) is 14.4 Å². The minimum Gasteiger partial charge on any atom is -0.373 e. The molecule has 21 heavy (non-hydrogen) atoms. The van der Waals surface area contributed by atoms with Crippen molar-refractivity contribution in [3.8, 4) is 0 Å². The second-order valence-corrected chi connectivity index (χ2v) is 7.51. The number of carbonyl (C=O) groups is 1. The number of carbonyl (C=O) groups excluding carboxylic acids is 1. The van der Waals surface area contributed by atoms with E-state index in [1.807, 2.05) is 18.2 Å². The standard InChI is InChI=1S/C15H18BrN3OS/c1-9(2)12-6-10(7-14(17-3)19-12)15(20)18-8-11-4-5-13(16)21-11/h4-7,9H,8H2,1-3H3,(H,17,19)(H,18,20). The van der Waals surface area contributed by atoms with Gasteiger partial charge in [0.05, 0.1) is 10.3 Å². The van der Waals surface area contributed by atoms with Crippen molar-refractivity contribution < 1.29 is 4.79 Å². The van der Waals surface area contributed by atoms with Crippen LogP contribution >= 0.6 is 27.3 Å². The molecule has 2 aromatic rings. The fourth-order valence-electron chi connectivity index (χ4n) is 1.82. The van der Waals surface area contributed by atoms with Crippen LogP contribution in [0.4, 0.5) is 5.82 Å². The molecular weight excluding hydrogens is 350 g/mol. The van der Waals surface area contributed by atoms with Crippen LogP contribution in [0.2, 0.25) is 0 Å². The maximum atomic E-state index is 12.3. The molecule has 0 unspecified atom stereocenters. The molecule has 0 bridgehead atoms. The molecule has 0 saturated heterocycles. The molecule has 4 nitrogen and oxygen atoms in total. The van der Waals surface area contributed by atoms with E-state index in [0.29, 0.717) is 17.9 Å². The van der Waals surface area contributed by atoms with Gasteiger partial charge in [0.2, 0.25) is 0 Å². The summed E-state index contributed by atoms with van der Waals surface area (Å²) in [5.74, 6) is 0.906. The molecule has 2 N–H and O–H groups in total. The molecule has 0 aliphatic carbocycles. The number of amides is 1. The molecule has 6 heteroatoms. The third-order valence-corrected chi connectivity index (χ3v) is 4.63. The van der Waals surface area contributed by atoms with E-state index in [-0.39, 0.29) is 11.8 Å². The monoisotopic (exact) mass is 367 g/mol. The van der Waals surface area contributed by atoms with E-state index in [2.05, 4.69) is 45.4 Å². The largest absolute Gasteiger partial charge is 0.373 e. The van der Waals surface area contributed by atoms with Crippen molar-refractivity contribution in [2.45, 2.75) is 26.3 Å². The number of rotatable bonds is 5. The first-order chi connectivity index (χ1) is 9.99. The number of aromatic nitrogens is 1. The van der Waals surface area contributed by atoms with Crippen molar-refractivity contribution in [1.29, 1.82) is 0 Å². The molecule has 1 amide bonds. The van der Waals surface area contributed by atoms with Gasteiger partial charge in [-0.25, -0.2) is 4.98 Å². The zero-order valence-electron chi connectivity index (χ0n) is 12.2. The van der Waals surface area contributed by atoms with E-state index in [9.17, 15) is 4.79 Å². The minimum absolute atomic E-state index is 0.0830. The summed E-state index contributed by atoms with van der Waals surface area (Å²) < 4.78 is 1.07. The second kappa shape index (κ2) is 7.04. The molecule has 112 valence electrons. The number of nitrogens with zero attached hydrogens (tertiary/aromatic N) is 1. The Kier molecular flexibility index (Phi) is 5.36. The van der Waals surface area contributed by atoms with Crippen LogP contribution < -0.4 is 10.6 Å². The third kappa shape index (κ3) is 4.28. The Bertz CT molecular complexity index is 640. The smallest absolute Gasteiger partial charge is 0.251 e. The van der Waals surface area contributed by atoms with Gasteiger partial charge >= 0.3 is 0 Å².